The second-order valence-corrected chi connectivity index (χ2v) is 5.72. The first-order valence-electron chi connectivity index (χ1n) is 7.43. The van der Waals surface area contributed by atoms with Crippen LogP contribution in [0.5, 0.6) is 0 Å². The molecule has 4 nitrogen and oxygen atoms in total. The molecule has 0 aliphatic carbocycles. The molecule has 2 atom stereocenters. The molecule has 1 aromatic rings. The lowest BCUT2D eigenvalue weighted by atomic mass is 9.96. The Hall–Kier alpha value is -1.39. The number of nitrogens with one attached hydrogen (secondary N) is 1. The molecule has 1 aliphatic rings. The SMILES string of the molecule is CCC1CN(CC(C(=N)N)c2ccccc2)CCN1C. The first-order chi connectivity index (χ1) is 9.61. The second-order valence-electron chi connectivity index (χ2n) is 5.72. The van der Waals surface area contributed by atoms with Crippen LogP contribution in [0.4, 0.5) is 0 Å². The van der Waals surface area contributed by atoms with Crippen LogP contribution < -0.4 is 5.73 Å². The van der Waals surface area contributed by atoms with Crippen molar-refractivity contribution in [2.24, 2.45) is 5.73 Å². The van der Waals surface area contributed by atoms with Crippen LogP contribution in [0.15, 0.2) is 30.3 Å². The van der Waals surface area contributed by atoms with E-state index in [0.717, 1.165) is 31.7 Å². The van der Waals surface area contributed by atoms with E-state index in [1.54, 1.807) is 0 Å². The van der Waals surface area contributed by atoms with Gasteiger partial charge in [0.1, 0.15) is 0 Å². The summed E-state index contributed by atoms with van der Waals surface area (Å²) < 4.78 is 0. The molecular weight excluding hydrogens is 248 g/mol. The van der Waals surface area contributed by atoms with Crippen LogP contribution in [0.2, 0.25) is 0 Å². The Morgan fingerprint density at radius 3 is 2.65 bits per heavy atom. The van der Waals surface area contributed by atoms with Crippen LogP contribution in [-0.2, 0) is 0 Å². The molecule has 1 fully saturated rings. The number of nitrogens with zero attached hydrogens (tertiary/aromatic N) is 2. The summed E-state index contributed by atoms with van der Waals surface area (Å²) in [4.78, 5) is 4.88. The topological polar surface area (TPSA) is 56.4 Å². The highest BCUT2D eigenvalue weighted by Crippen LogP contribution is 2.19. The van der Waals surface area contributed by atoms with Crippen molar-refractivity contribution in [1.29, 1.82) is 5.41 Å². The van der Waals surface area contributed by atoms with Crippen LogP contribution in [0, 0.1) is 5.41 Å². The molecule has 2 rings (SSSR count). The van der Waals surface area contributed by atoms with Gasteiger partial charge < -0.3 is 10.6 Å². The van der Waals surface area contributed by atoms with Crippen molar-refractivity contribution >= 4 is 5.84 Å². The molecule has 0 spiro atoms. The van der Waals surface area contributed by atoms with E-state index in [4.69, 9.17) is 11.1 Å². The van der Waals surface area contributed by atoms with Gasteiger partial charge in [-0.05, 0) is 19.0 Å². The van der Waals surface area contributed by atoms with Gasteiger partial charge in [-0.2, -0.15) is 0 Å². The molecular formula is C16H26N4. The number of piperazine rings is 1. The minimum atomic E-state index is 0.0112. The zero-order valence-corrected chi connectivity index (χ0v) is 12.5. The zero-order chi connectivity index (χ0) is 14.5. The van der Waals surface area contributed by atoms with Crippen LogP contribution >= 0.6 is 0 Å². The highest BCUT2D eigenvalue weighted by molar-refractivity contribution is 5.84. The van der Waals surface area contributed by atoms with Gasteiger partial charge in [-0.25, -0.2) is 0 Å². The summed E-state index contributed by atoms with van der Waals surface area (Å²) in [6.07, 6.45) is 1.17. The smallest absolute Gasteiger partial charge is 0.0995 e. The standard InChI is InChI=1S/C16H26N4/c1-3-14-11-20(10-9-19(14)2)12-15(16(17)18)13-7-5-4-6-8-13/h4-8,14-15H,3,9-12H2,1-2H3,(H3,17,18). The summed E-state index contributed by atoms with van der Waals surface area (Å²) in [6.45, 7) is 6.32. The van der Waals surface area contributed by atoms with Crippen LogP contribution in [0.1, 0.15) is 24.8 Å². The molecule has 1 heterocycles. The predicted molar refractivity (Wildman–Crippen MR) is 84.2 cm³/mol. The highest BCUT2D eigenvalue weighted by atomic mass is 15.3. The lowest BCUT2D eigenvalue weighted by molar-refractivity contribution is 0.0924. The average molecular weight is 274 g/mol. The number of amidine groups is 1. The van der Waals surface area contributed by atoms with Gasteiger partial charge in [0.05, 0.1) is 11.8 Å². The van der Waals surface area contributed by atoms with Gasteiger partial charge in [-0.1, -0.05) is 37.3 Å². The van der Waals surface area contributed by atoms with Crippen LogP contribution in [-0.4, -0.2) is 54.9 Å². The maximum Gasteiger partial charge on any atom is 0.0995 e. The lowest BCUT2D eigenvalue weighted by Gasteiger charge is -2.40. The Morgan fingerprint density at radius 2 is 2.05 bits per heavy atom. The third-order valence-electron chi connectivity index (χ3n) is 4.35. The summed E-state index contributed by atoms with van der Waals surface area (Å²) >= 11 is 0. The molecule has 1 aliphatic heterocycles. The molecule has 1 saturated heterocycles. The van der Waals surface area contributed by atoms with Crippen LogP contribution in [0.3, 0.4) is 0 Å². The van der Waals surface area contributed by atoms with Crippen molar-refractivity contribution in [2.45, 2.75) is 25.3 Å². The molecule has 1 aromatic carbocycles. The van der Waals surface area contributed by atoms with E-state index in [9.17, 15) is 0 Å². The molecule has 3 N–H and O–H groups in total. The minimum Gasteiger partial charge on any atom is -0.387 e. The third kappa shape index (κ3) is 3.58. The first-order valence-corrected chi connectivity index (χ1v) is 7.43. The Kier molecular flexibility index (Phi) is 5.15. The van der Waals surface area contributed by atoms with Gasteiger partial charge in [0.2, 0.25) is 0 Å². The van der Waals surface area contributed by atoms with Crippen molar-refractivity contribution in [2.75, 3.05) is 33.2 Å². The van der Waals surface area contributed by atoms with E-state index in [1.165, 1.54) is 6.42 Å². The molecule has 0 bridgehead atoms. The number of hydrogen-bond acceptors (Lipinski definition) is 3. The Labute approximate surface area is 122 Å². The molecule has 0 amide bonds. The van der Waals surface area contributed by atoms with Crippen molar-refractivity contribution in [3.05, 3.63) is 35.9 Å². The summed E-state index contributed by atoms with van der Waals surface area (Å²) in [7, 11) is 2.20. The zero-order valence-electron chi connectivity index (χ0n) is 12.5. The van der Waals surface area contributed by atoms with Gasteiger partial charge in [0.25, 0.3) is 0 Å². The van der Waals surface area contributed by atoms with E-state index in [1.807, 2.05) is 18.2 Å². The van der Waals surface area contributed by atoms with Crippen molar-refractivity contribution in [3.8, 4) is 0 Å². The minimum absolute atomic E-state index is 0.0112. The Morgan fingerprint density at radius 1 is 1.35 bits per heavy atom. The fourth-order valence-corrected chi connectivity index (χ4v) is 2.94. The van der Waals surface area contributed by atoms with E-state index < -0.39 is 0 Å². The van der Waals surface area contributed by atoms with Gasteiger partial charge in [0, 0.05) is 32.2 Å². The van der Waals surface area contributed by atoms with Gasteiger partial charge in [-0.15, -0.1) is 0 Å². The summed E-state index contributed by atoms with van der Waals surface area (Å²) in [5, 5.41) is 7.88. The normalized spacial score (nSPS) is 22.6. The van der Waals surface area contributed by atoms with E-state index in [0.29, 0.717) is 6.04 Å². The molecule has 2 unspecified atom stereocenters. The molecule has 20 heavy (non-hydrogen) atoms. The number of benzene rings is 1. The lowest BCUT2D eigenvalue weighted by Crippen LogP contribution is -2.52. The van der Waals surface area contributed by atoms with Crippen LogP contribution in [0.25, 0.3) is 0 Å². The van der Waals surface area contributed by atoms with Gasteiger partial charge in [0.15, 0.2) is 0 Å². The predicted octanol–water partition coefficient (Wildman–Crippen LogP) is 1.73. The number of hydrogen-bond donors (Lipinski definition) is 2. The van der Waals surface area contributed by atoms with Crippen molar-refractivity contribution in [1.82, 2.24) is 9.80 Å². The van der Waals surface area contributed by atoms with E-state index in [-0.39, 0.29) is 11.8 Å². The maximum absolute atomic E-state index is 7.88. The van der Waals surface area contributed by atoms with Crippen molar-refractivity contribution < 1.29 is 0 Å². The first kappa shape index (κ1) is 15.0. The largest absolute Gasteiger partial charge is 0.387 e. The fraction of sp³-hybridized carbons (Fsp3) is 0.562. The highest BCUT2D eigenvalue weighted by Gasteiger charge is 2.26. The third-order valence-corrected chi connectivity index (χ3v) is 4.35. The monoisotopic (exact) mass is 274 g/mol. The number of rotatable bonds is 5. The summed E-state index contributed by atoms with van der Waals surface area (Å²) in [6, 6.07) is 10.8. The second kappa shape index (κ2) is 6.86. The van der Waals surface area contributed by atoms with Crippen molar-refractivity contribution in [3.63, 3.8) is 0 Å². The van der Waals surface area contributed by atoms with E-state index in [2.05, 4.69) is 35.9 Å². The van der Waals surface area contributed by atoms with E-state index >= 15 is 0 Å². The summed E-state index contributed by atoms with van der Waals surface area (Å²) in [5.41, 5.74) is 6.97. The van der Waals surface area contributed by atoms with Gasteiger partial charge in [-0.3, -0.25) is 10.3 Å². The molecule has 4 heteroatoms. The summed E-state index contributed by atoms with van der Waals surface area (Å²) in [5.74, 6) is 0.278. The maximum atomic E-state index is 7.88. The number of likely N-dealkylation sites (N-methyl/N-ethyl adjacent to an activating group) is 1. The quantitative estimate of drug-likeness (QED) is 0.635. The molecule has 0 saturated carbocycles. The molecule has 110 valence electrons. The average Bonchev–Trinajstić information content (AvgIpc) is 2.47. The van der Waals surface area contributed by atoms with Gasteiger partial charge >= 0.3 is 0 Å². The molecule has 0 aromatic heterocycles. The molecule has 0 radical (unpaired) electrons. The fourth-order valence-electron chi connectivity index (χ4n) is 2.94. The number of nitrogens with two attached hydrogens (primary N) is 1. The Balaban J connectivity index is 2.04. The Bertz CT molecular complexity index is 431.